The summed E-state index contributed by atoms with van der Waals surface area (Å²) in [6.07, 6.45) is 0.748. The minimum Gasteiger partial charge on any atom is -0.370 e. The molecule has 7 nitrogen and oxygen atoms in total. The molecule has 0 bridgehead atoms. The van der Waals surface area contributed by atoms with Crippen molar-refractivity contribution in [3.8, 4) is 6.07 Å². The summed E-state index contributed by atoms with van der Waals surface area (Å²) in [5.74, 6) is 0. The van der Waals surface area contributed by atoms with E-state index in [0.29, 0.717) is 41.5 Å². The fraction of sp³-hybridized carbons (Fsp3) is 0.444. The number of anilines is 1. The monoisotopic (exact) mass is 373 g/mol. The second-order valence-corrected chi connectivity index (χ2v) is 8.40. The summed E-state index contributed by atoms with van der Waals surface area (Å²) in [5.41, 5.74) is 2.83. The Hall–Kier alpha value is -2.37. The first-order valence-electron chi connectivity index (χ1n) is 8.60. The molecule has 2 heterocycles. The van der Waals surface area contributed by atoms with Crippen molar-refractivity contribution in [2.24, 2.45) is 7.05 Å². The van der Waals surface area contributed by atoms with Gasteiger partial charge in [-0.05, 0) is 44.5 Å². The Bertz CT molecular complexity index is 941. The summed E-state index contributed by atoms with van der Waals surface area (Å²) in [5, 5.41) is 13.2. The molecule has 0 spiro atoms. The fourth-order valence-corrected chi connectivity index (χ4v) is 5.26. The molecule has 0 atom stereocenters. The number of benzene rings is 1. The molecular formula is C18H23N5O2S. The standard InChI is InChI=1S/C18H23N5O2S/c1-14-18(15(2)21(3)20-14)26(24,25)23-10-4-9-22(11-12-23)17-7-5-16(13-19)6-8-17/h5-8H,4,9-12H2,1-3H3. The quantitative estimate of drug-likeness (QED) is 0.819. The van der Waals surface area contributed by atoms with Gasteiger partial charge in [0.15, 0.2) is 0 Å². The van der Waals surface area contributed by atoms with E-state index >= 15 is 0 Å². The zero-order chi connectivity index (χ0) is 18.9. The lowest BCUT2D eigenvalue weighted by molar-refractivity contribution is 0.432. The third-order valence-corrected chi connectivity index (χ3v) is 7.01. The molecule has 3 rings (SSSR count). The van der Waals surface area contributed by atoms with Gasteiger partial charge in [-0.25, -0.2) is 8.42 Å². The van der Waals surface area contributed by atoms with Gasteiger partial charge in [0.2, 0.25) is 10.0 Å². The summed E-state index contributed by atoms with van der Waals surface area (Å²) in [4.78, 5) is 2.49. The van der Waals surface area contributed by atoms with Gasteiger partial charge < -0.3 is 4.90 Å². The third-order valence-electron chi connectivity index (χ3n) is 4.86. The van der Waals surface area contributed by atoms with Crippen molar-refractivity contribution in [2.45, 2.75) is 25.2 Å². The van der Waals surface area contributed by atoms with Crippen LogP contribution in [0.5, 0.6) is 0 Å². The molecule has 1 aliphatic rings. The zero-order valence-corrected chi connectivity index (χ0v) is 16.1. The maximum atomic E-state index is 13.1. The Kier molecular flexibility index (Phi) is 5.03. The molecule has 2 aromatic rings. The average molecular weight is 373 g/mol. The van der Waals surface area contributed by atoms with E-state index in [9.17, 15) is 8.42 Å². The normalized spacial score (nSPS) is 16.3. The minimum absolute atomic E-state index is 0.326. The molecule has 138 valence electrons. The summed E-state index contributed by atoms with van der Waals surface area (Å²) in [6.45, 7) is 5.83. The lowest BCUT2D eigenvalue weighted by Gasteiger charge is -2.23. The first-order chi connectivity index (χ1) is 12.3. The van der Waals surface area contributed by atoms with Gasteiger partial charge in [0, 0.05) is 38.9 Å². The van der Waals surface area contributed by atoms with Crippen LogP contribution < -0.4 is 4.90 Å². The van der Waals surface area contributed by atoms with Crippen LogP contribution in [0.15, 0.2) is 29.2 Å². The molecule has 0 unspecified atom stereocenters. The number of aryl methyl sites for hydroxylation is 2. The van der Waals surface area contributed by atoms with Crippen molar-refractivity contribution in [1.82, 2.24) is 14.1 Å². The summed E-state index contributed by atoms with van der Waals surface area (Å²) >= 11 is 0. The van der Waals surface area contributed by atoms with Gasteiger partial charge in [0.25, 0.3) is 0 Å². The highest BCUT2D eigenvalue weighted by molar-refractivity contribution is 7.89. The maximum Gasteiger partial charge on any atom is 0.246 e. The van der Waals surface area contributed by atoms with Gasteiger partial charge in [-0.2, -0.15) is 14.7 Å². The number of hydrogen-bond acceptors (Lipinski definition) is 5. The number of aromatic nitrogens is 2. The molecule has 1 aliphatic heterocycles. The highest BCUT2D eigenvalue weighted by atomic mass is 32.2. The number of rotatable bonds is 3. The Morgan fingerprint density at radius 2 is 1.77 bits per heavy atom. The highest BCUT2D eigenvalue weighted by Gasteiger charge is 2.31. The van der Waals surface area contributed by atoms with Gasteiger partial charge in [-0.15, -0.1) is 0 Å². The van der Waals surface area contributed by atoms with Crippen LogP contribution in [0.4, 0.5) is 5.69 Å². The van der Waals surface area contributed by atoms with E-state index in [1.165, 1.54) is 0 Å². The van der Waals surface area contributed by atoms with Crippen molar-refractivity contribution in [3.63, 3.8) is 0 Å². The Labute approximate surface area is 154 Å². The maximum absolute atomic E-state index is 13.1. The molecule has 0 amide bonds. The van der Waals surface area contributed by atoms with Gasteiger partial charge in [-0.3, -0.25) is 4.68 Å². The van der Waals surface area contributed by atoms with E-state index in [2.05, 4.69) is 16.1 Å². The second-order valence-electron chi connectivity index (χ2n) is 6.53. The van der Waals surface area contributed by atoms with Gasteiger partial charge in [0.1, 0.15) is 4.90 Å². The number of nitrogens with zero attached hydrogens (tertiary/aromatic N) is 5. The van der Waals surface area contributed by atoms with E-state index < -0.39 is 10.0 Å². The van der Waals surface area contributed by atoms with Gasteiger partial charge in [0.05, 0.1) is 23.0 Å². The topological polar surface area (TPSA) is 82.2 Å². The van der Waals surface area contributed by atoms with Crippen LogP contribution in [0.25, 0.3) is 0 Å². The second kappa shape index (κ2) is 7.09. The van der Waals surface area contributed by atoms with Crippen molar-refractivity contribution in [1.29, 1.82) is 5.26 Å². The van der Waals surface area contributed by atoms with Crippen LogP contribution in [-0.2, 0) is 17.1 Å². The van der Waals surface area contributed by atoms with E-state index in [0.717, 1.165) is 18.7 Å². The molecule has 1 aromatic heterocycles. The lowest BCUT2D eigenvalue weighted by atomic mass is 10.2. The Morgan fingerprint density at radius 1 is 1.08 bits per heavy atom. The number of hydrogen-bond donors (Lipinski definition) is 0. The lowest BCUT2D eigenvalue weighted by Crippen LogP contribution is -2.35. The van der Waals surface area contributed by atoms with Crippen LogP contribution in [0.2, 0.25) is 0 Å². The fourth-order valence-electron chi connectivity index (χ4n) is 3.40. The smallest absolute Gasteiger partial charge is 0.246 e. The van der Waals surface area contributed by atoms with Crippen LogP contribution in [0, 0.1) is 25.2 Å². The van der Waals surface area contributed by atoms with Crippen molar-refractivity contribution in [3.05, 3.63) is 41.2 Å². The Morgan fingerprint density at radius 3 is 2.35 bits per heavy atom. The number of nitriles is 1. The molecule has 1 fully saturated rings. The van der Waals surface area contributed by atoms with Crippen LogP contribution in [-0.4, -0.2) is 48.7 Å². The van der Waals surface area contributed by atoms with E-state index in [-0.39, 0.29) is 0 Å². The predicted octanol–water partition coefficient (Wildman–Crippen LogP) is 1.81. The highest BCUT2D eigenvalue weighted by Crippen LogP contribution is 2.25. The molecule has 1 saturated heterocycles. The first kappa shape index (κ1) is 18.4. The predicted molar refractivity (Wildman–Crippen MR) is 99.4 cm³/mol. The van der Waals surface area contributed by atoms with E-state index in [4.69, 9.17) is 5.26 Å². The van der Waals surface area contributed by atoms with Crippen LogP contribution >= 0.6 is 0 Å². The van der Waals surface area contributed by atoms with E-state index in [1.807, 2.05) is 12.1 Å². The largest absolute Gasteiger partial charge is 0.370 e. The Balaban J connectivity index is 1.80. The summed E-state index contributed by atoms with van der Waals surface area (Å²) < 4.78 is 29.5. The molecule has 0 radical (unpaired) electrons. The van der Waals surface area contributed by atoms with Crippen LogP contribution in [0.1, 0.15) is 23.4 Å². The zero-order valence-electron chi connectivity index (χ0n) is 15.3. The molecule has 0 N–H and O–H groups in total. The molecule has 1 aromatic carbocycles. The first-order valence-corrected chi connectivity index (χ1v) is 10.0. The third kappa shape index (κ3) is 3.32. The van der Waals surface area contributed by atoms with Gasteiger partial charge in [-0.1, -0.05) is 0 Å². The molecule has 26 heavy (non-hydrogen) atoms. The summed E-state index contributed by atoms with van der Waals surface area (Å²) in [7, 11) is -1.80. The minimum atomic E-state index is -3.56. The van der Waals surface area contributed by atoms with Crippen molar-refractivity contribution >= 4 is 15.7 Å². The van der Waals surface area contributed by atoms with Crippen molar-refractivity contribution in [2.75, 3.05) is 31.1 Å². The molecule has 0 saturated carbocycles. The van der Waals surface area contributed by atoms with Crippen molar-refractivity contribution < 1.29 is 8.42 Å². The number of sulfonamides is 1. The van der Waals surface area contributed by atoms with E-state index in [1.54, 1.807) is 42.0 Å². The average Bonchev–Trinajstić information content (AvgIpc) is 2.81. The molecular weight excluding hydrogens is 350 g/mol. The van der Waals surface area contributed by atoms with Gasteiger partial charge >= 0.3 is 0 Å². The SMILES string of the molecule is Cc1nn(C)c(C)c1S(=O)(=O)N1CCCN(c2ccc(C#N)cc2)CC1. The summed E-state index contributed by atoms with van der Waals surface area (Å²) in [6, 6.07) is 9.52. The van der Waals surface area contributed by atoms with Crippen LogP contribution in [0.3, 0.4) is 0 Å². The molecule has 0 aliphatic carbocycles. The molecule has 8 heteroatoms.